The maximum Gasteiger partial charge on any atom is 0.186 e. The number of ketones is 1. The van der Waals surface area contributed by atoms with Crippen LogP contribution in [0.25, 0.3) is 0 Å². The fourth-order valence-corrected chi connectivity index (χ4v) is 2.37. The van der Waals surface area contributed by atoms with Gasteiger partial charge < -0.3 is 0 Å². The van der Waals surface area contributed by atoms with E-state index in [1.165, 1.54) is 6.08 Å². The Morgan fingerprint density at radius 3 is 2.75 bits per heavy atom. The molecule has 0 atom stereocenters. The molecule has 0 saturated heterocycles. The Labute approximate surface area is 93.1 Å². The number of hydrogen-bond donors (Lipinski definition) is 0. The molecule has 1 nitrogen and oxygen atoms in total. The van der Waals surface area contributed by atoms with Gasteiger partial charge in [0.2, 0.25) is 0 Å². The number of benzene rings is 1. The zero-order chi connectivity index (χ0) is 9.14. The quantitative estimate of drug-likeness (QED) is 0.459. The van der Waals surface area contributed by atoms with Gasteiger partial charge >= 0.3 is 0 Å². The smallest absolute Gasteiger partial charge is 0.186 e. The molecule has 0 amide bonds. The summed E-state index contributed by atoms with van der Waals surface area (Å²) in [6, 6.07) is 5.53. The van der Waals surface area contributed by atoms with Gasteiger partial charge in [-0.1, -0.05) is 22.5 Å². The minimum Gasteiger partial charge on any atom is -0.289 e. The monoisotopic (exact) mass is 336 g/mol. The van der Waals surface area contributed by atoms with Gasteiger partial charge in [-0.05, 0) is 46.9 Å². The molecular weight excluding hydrogens is 331 g/mol. The van der Waals surface area contributed by atoms with Crippen molar-refractivity contribution in [2.24, 2.45) is 0 Å². The third kappa shape index (κ3) is 2.17. The lowest BCUT2D eigenvalue weighted by Gasteiger charge is -1.99. The van der Waals surface area contributed by atoms with Crippen LogP contribution in [0.1, 0.15) is 10.4 Å². The van der Waals surface area contributed by atoms with Gasteiger partial charge in [-0.2, -0.15) is 0 Å². The lowest BCUT2D eigenvalue weighted by atomic mass is 10.1. The third-order valence-corrected chi connectivity index (χ3v) is 2.77. The lowest BCUT2D eigenvalue weighted by Crippen LogP contribution is -1.96. The average molecular weight is 337 g/mol. The van der Waals surface area contributed by atoms with Crippen LogP contribution in [-0.2, 0) is 0 Å². The van der Waals surface area contributed by atoms with E-state index < -0.39 is 0 Å². The van der Waals surface area contributed by atoms with E-state index in [4.69, 9.17) is 0 Å². The van der Waals surface area contributed by atoms with Gasteiger partial charge in [0.05, 0.1) is 0 Å². The fraction of sp³-hybridized carbons (Fsp3) is 0. The molecule has 1 aromatic rings. The van der Waals surface area contributed by atoms with Crippen molar-refractivity contribution in [1.82, 2.24) is 0 Å². The topological polar surface area (TPSA) is 17.1 Å². The molecule has 0 heterocycles. The van der Waals surface area contributed by atoms with Gasteiger partial charge in [0.15, 0.2) is 5.78 Å². The summed E-state index contributed by atoms with van der Waals surface area (Å²) in [7, 11) is 0. The third-order valence-electron chi connectivity index (χ3n) is 1.38. The highest BCUT2D eigenvalue weighted by Crippen LogP contribution is 2.18. The number of allylic oxidation sites excluding steroid dienone is 1. The number of carbonyl (C=O) groups is 1. The second-order valence-corrected chi connectivity index (χ2v) is 4.27. The maximum absolute atomic E-state index is 11.2. The van der Waals surface area contributed by atoms with Crippen molar-refractivity contribution >= 4 is 44.3 Å². The molecule has 0 aliphatic carbocycles. The fourth-order valence-electron chi connectivity index (χ4n) is 0.799. The van der Waals surface area contributed by atoms with E-state index in [0.29, 0.717) is 5.56 Å². The van der Waals surface area contributed by atoms with E-state index in [2.05, 4.69) is 45.1 Å². The Morgan fingerprint density at radius 1 is 1.58 bits per heavy atom. The SMILES string of the molecule is C=CC(=O)c1ccc(Br)cc1I. The molecule has 1 rings (SSSR count). The Balaban J connectivity index is 3.18. The molecule has 0 fully saturated rings. The van der Waals surface area contributed by atoms with Gasteiger partial charge in [-0.15, -0.1) is 0 Å². The summed E-state index contributed by atoms with van der Waals surface area (Å²) in [5.41, 5.74) is 0.703. The first-order valence-corrected chi connectivity index (χ1v) is 5.14. The molecule has 3 heteroatoms. The first-order valence-electron chi connectivity index (χ1n) is 3.27. The van der Waals surface area contributed by atoms with Crippen molar-refractivity contribution < 1.29 is 4.79 Å². The van der Waals surface area contributed by atoms with Crippen molar-refractivity contribution in [2.45, 2.75) is 0 Å². The van der Waals surface area contributed by atoms with E-state index in [9.17, 15) is 4.79 Å². The highest BCUT2D eigenvalue weighted by molar-refractivity contribution is 14.1. The Bertz CT molecular complexity index is 333. The maximum atomic E-state index is 11.2. The van der Waals surface area contributed by atoms with E-state index in [0.717, 1.165) is 8.04 Å². The van der Waals surface area contributed by atoms with E-state index in [1.807, 2.05) is 12.1 Å². The Kier molecular flexibility index (Phi) is 3.46. The molecular formula is C9H6BrIO. The minimum atomic E-state index is -0.0353. The average Bonchev–Trinajstić information content (AvgIpc) is 2.03. The largest absolute Gasteiger partial charge is 0.289 e. The van der Waals surface area contributed by atoms with Crippen LogP contribution in [0.3, 0.4) is 0 Å². The number of halogens is 2. The molecule has 0 aromatic heterocycles. The second-order valence-electron chi connectivity index (χ2n) is 2.19. The van der Waals surface area contributed by atoms with Gasteiger partial charge in [0, 0.05) is 13.6 Å². The van der Waals surface area contributed by atoms with Gasteiger partial charge in [-0.3, -0.25) is 4.79 Å². The van der Waals surface area contributed by atoms with Crippen LogP contribution in [0.4, 0.5) is 0 Å². The standard InChI is InChI=1S/C9H6BrIO/c1-2-9(12)7-4-3-6(10)5-8(7)11/h2-5H,1H2. The van der Waals surface area contributed by atoms with E-state index >= 15 is 0 Å². The first kappa shape index (κ1) is 9.92. The van der Waals surface area contributed by atoms with Crippen LogP contribution in [0.2, 0.25) is 0 Å². The molecule has 0 radical (unpaired) electrons. The summed E-state index contributed by atoms with van der Waals surface area (Å²) in [4.78, 5) is 11.2. The molecule has 0 unspecified atom stereocenters. The van der Waals surface area contributed by atoms with Gasteiger partial charge in [0.25, 0.3) is 0 Å². The first-order chi connectivity index (χ1) is 5.65. The summed E-state index contributed by atoms with van der Waals surface area (Å²) in [5, 5.41) is 0. The van der Waals surface area contributed by atoms with Crippen molar-refractivity contribution in [1.29, 1.82) is 0 Å². The molecule has 1 aromatic carbocycles. The normalized spacial score (nSPS) is 9.50. The second kappa shape index (κ2) is 4.18. The molecule has 0 bridgehead atoms. The molecule has 0 saturated carbocycles. The Hall–Kier alpha value is -0.160. The molecule has 0 N–H and O–H groups in total. The highest BCUT2D eigenvalue weighted by atomic mass is 127. The number of carbonyl (C=O) groups excluding carboxylic acids is 1. The molecule has 12 heavy (non-hydrogen) atoms. The molecule has 0 aliphatic rings. The van der Waals surface area contributed by atoms with Crippen LogP contribution in [0.15, 0.2) is 35.3 Å². The number of rotatable bonds is 2. The summed E-state index contributed by atoms with van der Waals surface area (Å²) in [5.74, 6) is -0.0353. The molecule has 0 spiro atoms. The molecule has 0 aliphatic heterocycles. The van der Waals surface area contributed by atoms with Crippen molar-refractivity contribution in [3.05, 3.63) is 44.5 Å². The van der Waals surface area contributed by atoms with Crippen LogP contribution >= 0.6 is 38.5 Å². The zero-order valence-corrected chi connectivity index (χ0v) is 9.92. The predicted molar refractivity (Wildman–Crippen MR) is 61.4 cm³/mol. The summed E-state index contributed by atoms with van der Waals surface area (Å²) in [6.07, 6.45) is 1.32. The lowest BCUT2D eigenvalue weighted by molar-refractivity contribution is 0.104. The van der Waals surface area contributed by atoms with Crippen LogP contribution in [-0.4, -0.2) is 5.78 Å². The van der Waals surface area contributed by atoms with Crippen molar-refractivity contribution in [2.75, 3.05) is 0 Å². The zero-order valence-electron chi connectivity index (χ0n) is 6.18. The van der Waals surface area contributed by atoms with E-state index in [1.54, 1.807) is 6.07 Å². The summed E-state index contributed by atoms with van der Waals surface area (Å²) < 4.78 is 1.92. The van der Waals surface area contributed by atoms with Crippen LogP contribution in [0, 0.1) is 3.57 Å². The number of hydrogen-bond acceptors (Lipinski definition) is 1. The minimum absolute atomic E-state index is 0.0353. The predicted octanol–water partition coefficient (Wildman–Crippen LogP) is 3.42. The summed E-state index contributed by atoms with van der Waals surface area (Å²) in [6.45, 7) is 3.44. The van der Waals surface area contributed by atoms with Crippen molar-refractivity contribution in [3.63, 3.8) is 0 Å². The highest BCUT2D eigenvalue weighted by Gasteiger charge is 2.05. The van der Waals surface area contributed by atoms with Crippen molar-refractivity contribution in [3.8, 4) is 0 Å². The van der Waals surface area contributed by atoms with Crippen LogP contribution in [0.5, 0.6) is 0 Å². The molecule has 62 valence electrons. The van der Waals surface area contributed by atoms with E-state index in [-0.39, 0.29) is 5.78 Å². The summed E-state index contributed by atoms with van der Waals surface area (Å²) >= 11 is 5.45. The van der Waals surface area contributed by atoms with Gasteiger partial charge in [0.1, 0.15) is 0 Å². The van der Waals surface area contributed by atoms with Crippen LogP contribution < -0.4 is 0 Å². The van der Waals surface area contributed by atoms with Gasteiger partial charge in [-0.25, -0.2) is 0 Å². The Morgan fingerprint density at radius 2 is 2.25 bits per heavy atom.